The number of benzene rings is 1. The predicted molar refractivity (Wildman–Crippen MR) is 116 cm³/mol. The molecule has 2 bridgehead atoms. The second kappa shape index (κ2) is 8.10. The lowest BCUT2D eigenvalue weighted by atomic mass is 9.82. The molecule has 4 heterocycles. The summed E-state index contributed by atoms with van der Waals surface area (Å²) in [7, 11) is 0. The van der Waals surface area contributed by atoms with Gasteiger partial charge in [-0.1, -0.05) is 29.8 Å². The maximum Gasteiger partial charge on any atom is 0.258 e. The minimum Gasteiger partial charge on any atom is -0.381 e. The predicted octanol–water partition coefficient (Wildman–Crippen LogP) is 2.85. The standard InChI is InChI=1S/C24H27ClN2O2/c25-21-6-2-17(3-7-21)1-4-19-5-8-23-20-13-18(15-27(23)24(19)28)14-26(16-20)22-9-11-29-12-10-22/h1-8,18,20,22H,9-16H2/p+1/b4-1+/t18-,20+/m0/s1. The SMILES string of the molecule is O=c1c(/C=C/c2ccc(Cl)cc2)ccc2n1C[C@H]1C[C@@H]2C[NH+](C2CCOCC2)C1. The zero-order valence-corrected chi connectivity index (χ0v) is 17.4. The van der Waals surface area contributed by atoms with Crippen LogP contribution in [0.3, 0.4) is 0 Å². The fourth-order valence-electron chi connectivity index (χ4n) is 5.44. The van der Waals surface area contributed by atoms with Crippen molar-refractivity contribution in [1.82, 2.24) is 4.57 Å². The van der Waals surface area contributed by atoms with Crippen molar-refractivity contribution in [2.24, 2.45) is 5.92 Å². The van der Waals surface area contributed by atoms with E-state index in [9.17, 15) is 4.79 Å². The minimum atomic E-state index is 0.150. The lowest BCUT2D eigenvalue weighted by Crippen LogP contribution is -3.18. The van der Waals surface area contributed by atoms with E-state index in [1.54, 1.807) is 4.90 Å². The smallest absolute Gasteiger partial charge is 0.258 e. The van der Waals surface area contributed by atoms with Gasteiger partial charge >= 0.3 is 0 Å². The zero-order chi connectivity index (χ0) is 19.8. The molecular weight excluding hydrogens is 384 g/mol. The van der Waals surface area contributed by atoms with Crippen LogP contribution in [0.1, 0.15) is 42.0 Å². The van der Waals surface area contributed by atoms with Gasteiger partial charge in [0.05, 0.1) is 32.3 Å². The fourth-order valence-corrected chi connectivity index (χ4v) is 5.57. The first-order chi connectivity index (χ1) is 14.2. The van der Waals surface area contributed by atoms with E-state index in [1.807, 2.05) is 42.5 Å². The Morgan fingerprint density at radius 3 is 2.62 bits per heavy atom. The fraction of sp³-hybridized carbons (Fsp3) is 0.458. The molecule has 3 aliphatic heterocycles. The molecule has 5 rings (SSSR count). The van der Waals surface area contributed by atoms with E-state index in [4.69, 9.17) is 16.3 Å². The molecule has 0 saturated carbocycles. The van der Waals surface area contributed by atoms with Gasteiger partial charge in [0.1, 0.15) is 0 Å². The van der Waals surface area contributed by atoms with Crippen LogP contribution in [0.25, 0.3) is 12.2 Å². The average molecular weight is 412 g/mol. The highest BCUT2D eigenvalue weighted by molar-refractivity contribution is 6.30. The lowest BCUT2D eigenvalue weighted by molar-refractivity contribution is -0.937. The molecule has 0 radical (unpaired) electrons. The second-order valence-electron chi connectivity index (χ2n) is 8.77. The molecule has 1 aromatic heterocycles. The monoisotopic (exact) mass is 411 g/mol. The molecule has 2 fully saturated rings. The third kappa shape index (κ3) is 3.94. The van der Waals surface area contributed by atoms with Crippen molar-refractivity contribution in [3.05, 3.63) is 68.6 Å². The van der Waals surface area contributed by atoms with Crippen molar-refractivity contribution >= 4 is 23.8 Å². The third-order valence-corrected chi connectivity index (χ3v) is 7.15. The molecule has 152 valence electrons. The summed E-state index contributed by atoms with van der Waals surface area (Å²) < 4.78 is 7.62. The molecule has 0 amide bonds. The van der Waals surface area contributed by atoms with Gasteiger partial charge in [0.15, 0.2) is 0 Å². The average Bonchev–Trinajstić information content (AvgIpc) is 2.75. The van der Waals surface area contributed by atoms with Crippen LogP contribution in [0.5, 0.6) is 0 Å². The number of nitrogens with zero attached hydrogens (tertiary/aromatic N) is 1. The quantitative estimate of drug-likeness (QED) is 0.843. The topological polar surface area (TPSA) is 35.7 Å². The molecule has 1 aromatic carbocycles. The Hall–Kier alpha value is -1.88. The highest BCUT2D eigenvalue weighted by atomic mass is 35.5. The summed E-state index contributed by atoms with van der Waals surface area (Å²) >= 11 is 5.95. The Bertz CT molecular complexity index is 960. The largest absolute Gasteiger partial charge is 0.381 e. The van der Waals surface area contributed by atoms with Gasteiger partial charge in [-0.15, -0.1) is 0 Å². The summed E-state index contributed by atoms with van der Waals surface area (Å²) in [6, 6.07) is 12.6. The van der Waals surface area contributed by atoms with E-state index in [0.717, 1.165) is 48.5 Å². The van der Waals surface area contributed by atoms with E-state index in [2.05, 4.69) is 10.6 Å². The van der Waals surface area contributed by atoms with Crippen molar-refractivity contribution in [3.8, 4) is 0 Å². The van der Waals surface area contributed by atoms with Crippen LogP contribution in [0.4, 0.5) is 0 Å². The number of fused-ring (bicyclic) bond motifs is 4. The van der Waals surface area contributed by atoms with Gasteiger partial charge in [0, 0.05) is 47.5 Å². The van der Waals surface area contributed by atoms with Gasteiger partial charge in [0.25, 0.3) is 5.56 Å². The molecule has 1 unspecified atom stereocenters. The number of aromatic nitrogens is 1. The number of hydrogen-bond donors (Lipinski definition) is 1. The maximum absolute atomic E-state index is 13.2. The normalized spacial score (nSPS) is 27.1. The summed E-state index contributed by atoms with van der Waals surface area (Å²) in [4.78, 5) is 14.9. The van der Waals surface area contributed by atoms with Crippen LogP contribution in [0.15, 0.2) is 41.2 Å². The highest BCUT2D eigenvalue weighted by Gasteiger charge is 2.40. The van der Waals surface area contributed by atoms with Crippen molar-refractivity contribution in [2.45, 2.75) is 37.8 Å². The minimum absolute atomic E-state index is 0.150. The van der Waals surface area contributed by atoms with Crippen LogP contribution in [0.2, 0.25) is 5.02 Å². The number of rotatable bonds is 3. The number of likely N-dealkylation sites (tertiary alicyclic amines) is 1. The second-order valence-corrected chi connectivity index (χ2v) is 9.20. The Morgan fingerprint density at radius 2 is 1.83 bits per heavy atom. The first-order valence-electron chi connectivity index (χ1n) is 10.8. The van der Waals surface area contributed by atoms with Crippen molar-refractivity contribution in [3.63, 3.8) is 0 Å². The Balaban J connectivity index is 1.38. The number of hydrogen-bond acceptors (Lipinski definition) is 2. The molecule has 2 saturated heterocycles. The van der Waals surface area contributed by atoms with Crippen molar-refractivity contribution in [1.29, 1.82) is 0 Å². The van der Waals surface area contributed by atoms with Gasteiger partial charge in [-0.25, -0.2) is 0 Å². The van der Waals surface area contributed by atoms with Gasteiger partial charge in [-0.05, 0) is 42.3 Å². The maximum atomic E-state index is 13.2. The third-order valence-electron chi connectivity index (χ3n) is 6.90. The molecule has 2 aromatic rings. The summed E-state index contributed by atoms with van der Waals surface area (Å²) in [6.07, 6.45) is 7.50. The van der Waals surface area contributed by atoms with Gasteiger partial charge < -0.3 is 14.2 Å². The number of quaternary nitrogens is 1. The number of halogens is 1. The highest BCUT2D eigenvalue weighted by Crippen LogP contribution is 2.31. The molecule has 1 N–H and O–H groups in total. The molecule has 3 atom stereocenters. The van der Waals surface area contributed by atoms with Crippen LogP contribution in [-0.4, -0.2) is 36.9 Å². The Kier molecular flexibility index (Phi) is 5.33. The van der Waals surface area contributed by atoms with Crippen LogP contribution in [0, 0.1) is 5.92 Å². The molecule has 3 aliphatic rings. The molecule has 0 spiro atoms. The number of pyridine rings is 1. The lowest BCUT2D eigenvalue weighted by Gasteiger charge is -2.44. The van der Waals surface area contributed by atoms with E-state index < -0.39 is 0 Å². The first-order valence-corrected chi connectivity index (χ1v) is 11.1. The van der Waals surface area contributed by atoms with Gasteiger partial charge in [-0.2, -0.15) is 0 Å². The molecule has 4 nitrogen and oxygen atoms in total. The van der Waals surface area contributed by atoms with Crippen molar-refractivity contribution < 1.29 is 9.64 Å². The zero-order valence-electron chi connectivity index (χ0n) is 16.6. The van der Waals surface area contributed by atoms with E-state index in [0.29, 0.717) is 11.8 Å². The molecule has 0 aliphatic carbocycles. The summed E-state index contributed by atoms with van der Waals surface area (Å²) in [6.45, 7) is 5.02. The number of ether oxygens (including phenoxy) is 1. The van der Waals surface area contributed by atoms with Crippen LogP contribution < -0.4 is 10.5 Å². The number of piperidine rings is 1. The Labute approximate surface area is 176 Å². The Morgan fingerprint density at radius 1 is 1.03 bits per heavy atom. The summed E-state index contributed by atoms with van der Waals surface area (Å²) in [5, 5.41) is 0.722. The van der Waals surface area contributed by atoms with Gasteiger partial charge in [0.2, 0.25) is 0 Å². The van der Waals surface area contributed by atoms with E-state index in [-0.39, 0.29) is 5.56 Å². The van der Waals surface area contributed by atoms with Crippen molar-refractivity contribution in [2.75, 3.05) is 26.3 Å². The van der Waals surface area contributed by atoms with Crippen LogP contribution >= 0.6 is 11.6 Å². The summed E-state index contributed by atoms with van der Waals surface area (Å²) in [5.41, 5.74) is 3.19. The van der Waals surface area contributed by atoms with E-state index in [1.165, 1.54) is 31.5 Å². The van der Waals surface area contributed by atoms with Crippen LogP contribution in [-0.2, 0) is 11.3 Å². The van der Waals surface area contributed by atoms with E-state index >= 15 is 0 Å². The molecular formula is C24H28ClN2O2+. The first kappa shape index (κ1) is 19.1. The number of nitrogens with one attached hydrogen (secondary N) is 1. The van der Waals surface area contributed by atoms with Gasteiger partial charge in [-0.3, -0.25) is 4.79 Å². The summed E-state index contributed by atoms with van der Waals surface area (Å²) in [5.74, 6) is 1.11. The molecule has 5 heteroatoms. The molecule has 29 heavy (non-hydrogen) atoms.